The van der Waals surface area contributed by atoms with Gasteiger partial charge in [-0.1, -0.05) is 13.3 Å². The van der Waals surface area contributed by atoms with Crippen LogP contribution < -0.4 is 5.32 Å². The van der Waals surface area contributed by atoms with Crippen LogP contribution in [0.15, 0.2) is 0 Å². The van der Waals surface area contributed by atoms with Crippen molar-refractivity contribution in [2.45, 2.75) is 69.5 Å². The molecular weight excluding hydrogens is 498 g/mol. The van der Waals surface area contributed by atoms with Gasteiger partial charge in [-0.05, 0) is 18.8 Å². The van der Waals surface area contributed by atoms with Crippen LogP contribution in [0, 0.1) is 17.8 Å². The van der Waals surface area contributed by atoms with E-state index in [-0.39, 0.29) is 81.4 Å². The van der Waals surface area contributed by atoms with Gasteiger partial charge >= 0.3 is 0 Å². The van der Waals surface area contributed by atoms with Crippen LogP contribution in [0.3, 0.4) is 0 Å². The molecule has 0 radical (unpaired) electrons. The molecule has 2 N–H and O–H groups in total. The molecule has 0 aromatic heterocycles. The summed E-state index contributed by atoms with van der Waals surface area (Å²) in [6.07, 6.45) is 3.06. The lowest BCUT2D eigenvalue weighted by molar-refractivity contribution is -0.179. The molecular formula is C26H39N3O9. The normalized spacial score (nSPS) is 35.6. The van der Waals surface area contributed by atoms with Gasteiger partial charge in [0.2, 0.25) is 23.6 Å². The SMILES string of the molecule is C[C@@H]1[C@H](O)CC2OC[C@]1(CNC1CC(=O)N(CCOCCOCCN3C(=O)CC(C4CCC4)C3=O)C1=O)O2. The molecule has 0 aromatic rings. The zero-order valence-corrected chi connectivity index (χ0v) is 22.0. The lowest BCUT2D eigenvalue weighted by Crippen LogP contribution is -2.57. The number of rotatable bonds is 13. The fourth-order valence-electron chi connectivity index (χ4n) is 6.09. The molecule has 0 aromatic carbocycles. The second kappa shape index (κ2) is 11.6. The first kappa shape index (κ1) is 27.6. The summed E-state index contributed by atoms with van der Waals surface area (Å²) in [5.74, 6) is -0.683. The number of hydrogen-bond donors (Lipinski definition) is 2. The van der Waals surface area contributed by atoms with Gasteiger partial charge in [-0.15, -0.1) is 0 Å². The quantitative estimate of drug-likeness (QED) is 0.231. The number of carbonyl (C=O) groups excluding carboxylic acids is 4. The van der Waals surface area contributed by atoms with Gasteiger partial charge in [-0.2, -0.15) is 0 Å². The van der Waals surface area contributed by atoms with E-state index in [9.17, 15) is 24.3 Å². The second-order valence-corrected chi connectivity index (χ2v) is 11.1. The summed E-state index contributed by atoms with van der Waals surface area (Å²) >= 11 is 0. The fraction of sp³-hybridized carbons (Fsp3) is 0.846. The molecule has 2 bridgehead atoms. The highest BCUT2D eigenvalue weighted by Crippen LogP contribution is 2.41. The second-order valence-electron chi connectivity index (χ2n) is 11.1. The lowest BCUT2D eigenvalue weighted by atomic mass is 9.75. The summed E-state index contributed by atoms with van der Waals surface area (Å²) in [6, 6.07) is -0.644. The number of ether oxygens (including phenoxy) is 4. The van der Waals surface area contributed by atoms with Crippen LogP contribution in [0.5, 0.6) is 0 Å². The smallest absolute Gasteiger partial charge is 0.246 e. The van der Waals surface area contributed by atoms with E-state index in [1.54, 1.807) is 0 Å². The van der Waals surface area contributed by atoms with Gasteiger partial charge in [-0.25, -0.2) is 0 Å². The molecule has 5 rings (SSSR count). The number of amides is 4. The molecule has 38 heavy (non-hydrogen) atoms. The minimum atomic E-state index is -0.712. The minimum absolute atomic E-state index is 0.0638. The third-order valence-corrected chi connectivity index (χ3v) is 8.90. The zero-order chi connectivity index (χ0) is 26.9. The van der Waals surface area contributed by atoms with Crippen molar-refractivity contribution >= 4 is 23.6 Å². The molecule has 4 aliphatic heterocycles. The molecule has 5 fully saturated rings. The Hall–Kier alpha value is -1.96. The number of imide groups is 2. The highest BCUT2D eigenvalue weighted by Gasteiger charge is 2.53. The van der Waals surface area contributed by atoms with Crippen molar-refractivity contribution in [1.29, 1.82) is 0 Å². The van der Waals surface area contributed by atoms with E-state index >= 15 is 0 Å². The molecule has 212 valence electrons. The number of carbonyl (C=O) groups is 4. The van der Waals surface area contributed by atoms with Crippen molar-refractivity contribution in [3.63, 3.8) is 0 Å². The van der Waals surface area contributed by atoms with E-state index in [1.807, 2.05) is 6.92 Å². The minimum Gasteiger partial charge on any atom is -0.393 e. The van der Waals surface area contributed by atoms with Gasteiger partial charge in [-0.3, -0.25) is 29.0 Å². The predicted octanol–water partition coefficient (Wildman–Crippen LogP) is -0.576. The molecule has 4 saturated heterocycles. The summed E-state index contributed by atoms with van der Waals surface area (Å²) < 4.78 is 22.6. The van der Waals surface area contributed by atoms with E-state index in [0.29, 0.717) is 31.9 Å². The topological polar surface area (TPSA) is 144 Å². The largest absolute Gasteiger partial charge is 0.393 e. The lowest BCUT2D eigenvalue weighted by Gasteiger charge is -2.40. The van der Waals surface area contributed by atoms with Crippen molar-refractivity contribution in [2.24, 2.45) is 17.8 Å². The van der Waals surface area contributed by atoms with Crippen LogP contribution in [0.2, 0.25) is 0 Å². The Morgan fingerprint density at radius 2 is 1.63 bits per heavy atom. The van der Waals surface area contributed by atoms with Gasteiger partial charge in [0, 0.05) is 25.3 Å². The van der Waals surface area contributed by atoms with Crippen LogP contribution in [-0.4, -0.2) is 115 Å². The van der Waals surface area contributed by atoms with E-state index in [2.05, 4.69) is 5.32 Å². The molecule has 1 aliphatic carbocycles. The Kier molecular flexibility index (Phi) is 8.46. The average Bonchev–Trinajstić information content (AvgIpc) is 3.45. The number of nitrogens with zero attached hydrogens (tertiary/aromatic N) is 2. The Balaban J connectivity index is 0.949. The van der Waals surface area contributed by atoms with E-state index in [1.165, 1.54) is 9.80 Å². The summed E-state index contributed by atoms with van der Waals surface area (Å²) in [5, 5.41) is 13.4. The first-order valence-electron chi connectivity index (χ1n) is 13.8. The van der Waals surface area contributed by atoms with E-state index in [0.717, 1.165) is 19.3 Å². The zero-order valence-electron chi connectivity index (χ0n) is 22.0. The van der Waals surface area contributed by atoms with Crippen LogP contribution in [0.1, 0.15) is 45.4 Å². The van der Waals surface area contributed by atoms with E-state index < -0.39 is 24.0 Å². The number of aliphatic hydroxyl groups is 1. The summed E-state index contributed by atoms with van der Waals surface area (Å²) in [6.45, 7) is 3.94. The Morgan fingerprint density at radius 1 is 0.974 bits per heavy atom. The van der Waals surface area contributed by atoms with Crippen molar-refractivity contribution < 1.29 is 43.2 Å². The van der Waals surface area contributed by atoms with Gasteiger partial charge in [0.25, 0.3) is 0 Å². The van der Waals surface area contributed by atoms with E-state index in [4.69, 9.17) is 18.9 Å². The van der Waals surface area contributed by atoms with Crippen LogP contribution in [0.25, 0.3) is 0 Å². The molecule has 12 nitrogen and oxygen atoms in total. The Morgan fingerprint density at radius 3 is 2.29 bits per heavy atom. The fourth-order valence-corrected chi connectivity index (χ4v) is 6.09. The maximum atomic E-state index is 12.8. The first-order chi connectivity index (χ1) is 18.3. The molecule has 12 heteroatoms. The molecule has 6 atom stereocenters. The van der Waals surface area contributed by atoms with Gasteiger partial charge in [0.1, 0.15) is 5.60 Å². The molecule has 4 heterocycles. The first-order valence-corrected chi connectivity index (χ1v) is 13.8. The number of likely N-dealkylation sites (tertiary alicyclic amines) is 2. The Bertz CT molecular complexity index is 928. The molecule has 5 aliphatic rings. The van der Waals surface area contributed by atoms with Gasteiger partial charge in [0.15, 0.2) is 6.29 Å². The third-order valence-electron chi connectivity index (χ3n) is 8.90. The number of fused-ring (bicyclic) bond motifs is 2. The Labute approximate surface area is 222 Å². The maximum Gasteiger partial charge on any atom is 0.246 e. The summed E-state index contributed by atoms with van der Waals surface area (Å²) in [4.78, 5) is 52.4. The number of aliphatic hydroxyl groups excluding tert-OH is 1. The van der Waals surface area contributed by atoms with Crippen LogP contribution in [0.4, 0.5) is 0 Å². The highest BCUT2D eigenvalue weighted by atomic mass is 16.7. The van der Waals surface area contributed by atoms with Crippen LogP contribution >= 0.6 is 0 Å². The highest BCUT2D eigenvalue weighted by molar-refractivity contribution is 6.05. The monoisotopic (exact) mass is 537 g/mol. The summed E-state index contributed by atoms with van der Waals surface area (Å²) in [7, 11) is 0. The molecule has 1 saturated carbocycles. The molecule has 3 unspecified atom stereocenters. The van der Waals surface area contributed by atoms with Crippen molar-refractivity contribution in [3.05, 3.63) is 0 Å². The third kappa shape index (κ3) is 5.52. The maximum absolute atomic E-state index is 12.8. The number of nitrogens with one attached hydrogen (secondary N) is 1. The van der Waals surface area contributed by atoms with Gasteiger partial charge in [0.05, 0.1) is 70.6 Å². The van der Waals surface area contributed by atoms with Crippen LogP contribution in [-0.2, 0) is 38.1 Å². The molecule has 0 spiro atoms. The number of hydrogen-bond acceptors (Lipinski definition) is 10. The van der Waals surface area contributed by atoms with Crippen molar-refractivity contribution in [2.75, 3.05) is 52.7 Å². The van der Waals surface area contributed by atoms with Gasteiger partial charge < -0.3 is 29.4 Å². The van der Waals surface area contributed by atoms with Crippen molar-refractivity contribution in [3.8, 4) is 0 Å². The summed E-state index contributed by atoms with van der Waals surface area (Å²) in [5.41, 5.74) is -0.712. The van der Waals surface area contributed by atoms with Crippen molar-refractivity contribution in [1.82, 2.24) is 15.1 Å². The molecule has 4 amide bonds. The average molecular weight is 538 g/mol. The predicted molar refractivity (Wildman–Crippen MR) is 130 cm³/mol. The standard InChI is InChI=1S/C26H39N3O9/c1-16-20(30)13-23-37-15-26(16,38-23)14-27-19-12-22(32)29(25(19)34)6-8-36-10-9-35-7-5-28-21(31)11-18(24(28)33)17-3-2-4-17/h16-20,23,27,30H,2-15H2,1H3/t16-,18?,19?,20-,23?,26+/m1/s1.